The highest BCUT2D eigenvalue weighted by Crippen LogP contribution is 2.22. The molecule has 0 unspecified atom stereocenters. The molecule has 0 aliphatic heterocycles. The SMILES string of the molecule is Cc1cc(Br)cc(C=CC(=O)OCc2ccccc2)c1C(=O)O. The lowest BCUT2D eigenvalue weighted by Crippen LogP contribution is -2.04. The number of rotatable bonds is 5. The summed E-state index contributed by atoms with van der Waals surface area (Å²) in [4.78, 5) is 23.1. The Hall–Kier alpha value is -2.40. The van der Waals surface area contributed by atoms with Crippen molar-refractivity contribution in [1.82, 2.24) is 0 Å². The molecule has 0 saturated heterocycles. The highest BCUT2D eigenvalue weighted by atomic mass is 79.9. The first-order chi connectivity index (χ1) is 11.0. The molecular formula is C18H15BrO4. The Bertz CT molecular complexity index is 751. The fourth-order valence-corrected chi connectivity index (χ4v) is 2.72. The molecule has 0 fully saturated rings. The summed E-state index contributed by atoms with van der Waals surface area (Å²) >= 11 is 3.32. The fourth-order valence-electron chi connectivity index (χ4n) is 2.13. The van der Waals surface area contributed by atoms with Crippen LogP contribution in [-0.4, -0.2) is 17.0 Å². The number of carboxylic acid groups (broad SMARTS) is 1. The predicted molar refractivity (Wildman–Crippen MR) is 91.1 cm³/mol. The van der Waals surface area contributed by atoms with E-state index in [4.69, 9.17) is 4.74 Å². The van der Waals surface area contributed by atoms with Gasteiger partial charge in [0.2, 0.25) is 0 Å². The van der Waals surface area contributed by atoms with Crippen molar-refractivity contribution in [2.75, 3.05) is 0 Å². The number of carbonyl (C=O) groups is 2. The lowest BCUT2D eigenvalue weighted by atomic mass is 10.0. The number of benzene rings is 2. The minimum absolute atomic E-state index is 0.167. The van der Waals surface area contributed by atoms with Gasteiger partial charge < -0.3 is 9.84 Å². The van der Waals surface area contributed by atoms with Gasteiger partial charge in [-0.05, 0) is 41.8 Å². The largest absolute Gasteiger partial charge is 0.478 e. The average Bonchev–Trinajstić information content (AvgIpc) is 2.50. The van der Waals surface area contributed by atoms with Crippen LogP contribution in [0.3, 0.4) is 0 Å². The quantitative estimate of drug-likeness (QED) is 0.628. The Morgan fingerprint density at radius 3 is 2.57 bits per heavy atom. The van der Waals surface area contributed by atoms with E-state index in [-0.39, 0.29) is 12.2 Å². The maximum atomic E-state index is 11.8. The summed E-state index contributed by atoms with van der Waals surface area (Å²) in [6, 6.07) is 12.7. The highest BCUT2D eigenvalue weighted by molar-refractivity contribution is 9.10. The normalized spacial score (nSPS) is 10.7. The smallest absolute Gasteiger partial charge is 0.336 e. The van der Waals surface area contributed by atoms with E-state index in [1.165, 1.54) is 12.2 Å². The van der Waals surface area contributed by atoms with E-state index < -0.39 is 11.9 Å². The topological polar surface area (TPSA) is 63.6 Å². The molecule has 2 aromatic rings. The Balaban J connectivity index is 2.10. The van der Waals surface area contributed by atoms with Crippen molar-refractivity contribution in [2.24, 2.45) is 0 Å². The van der Waals surface area contributed by atoms with Gasteiger partial charge in [0, 0.05) is 10.5 Å². The van der Waals surface area contributed by atoms with Crippen LogP contribution in [0, 0.1) is 6.92 Å². The van der Waals surface area contributed by atoms with E-state index >= 15 is 0 Å². The zero-order valence-corrected chi connectivity index (χ0v) is 14.0. The van der Waals surface area contributed by atoms with Crippen LogP contribution in [0.25, 0.3) is 6.08 Å². The van der Waals surface area contributed by atoms with E-state index in [0.29, 0.717) is 11.1 Å². The third-order valence-electron chi connectivity index (χ3n) is 3.17. The summed E-state index contributed by atoms with van der Waals surface area (Å²) < 4.78 is 5.87. The number of carbonyl (C=O) groups excluding carboxylic acids is 1. The van der Waals surface area contributed by atoms with Gasteiger partial charge >= 0.3 is 11.9 Å². The summed E-state index contributed by atoms with van der Waals surface area (Å²) in [6.07, 6.45) is 2.69. The number of carboxylic acids is 1. The molecule has 2 aromatic carbocycles. The van der Waals surface area contributed by atoms with Crippen molar-refractivity contribution in [1.29, 1.82) is 0 Å². The molecule has 0 aliphatic rings. The molecule has 1 N–H and O–H groups in total. The first kappa shape index (κ1) is 17.0. The van der Waals surface area contributed by atoms with Gasteiger partial charge in [-0.25, -0.2) is 9.59 Å². The van der Waals surface area contributed by atoms with Crippen molar-refractivity contribution in [3.05, 3.63) is 75.3 Å². The van der Waals surface area contributed by atoms with Gasteiger partial charge in [-0.15, -0.1) is 0 Å². The summed E-state index contributed by atoms with van der Waals surface area (Å²) in [5.41, 5.74) is 2.12. The van der Waals surface area contributed by atoms with Crippen molar-refractivity contribution < 1.29 is 19.4 Å². The van der Waals surface area contributed by atoms with Gasteiger partial charge in [-0.1, -0.05) is 46.3 Å². The molecule has 0 aromatic heterocycles. The Labute approximate surface area is 142 Å². The monoisotopic (exact) mass is 374 g/mol. The molecule has 0 spiro atoms. The van der Waals surface area contributed by atoms with E-state index in [0.717, 1.165) is 10.0 Å². The van der Waals surface area contributed by atoms with Gasteiger partial charge in [0.05, 0.1) is 5.56 Å². The maximum Gasteiger partial charge on any atom is 0.336 e. The van der Waals surface area contributed by atoms with Crippen LogP contribution in [0.5, 0.6) is 0 Å². The zero-order valence-electron chi connectivity index (χ0n) is 12.5. The summed E-state index contributed by atoms with van der Waals surface area (Å²) in [5.74, 6) is -1.56. The third-order valence-corrected chi connectivity index (χ3v) is 3.63. The molecule has 118 valence electrons. The zero-order chi connectivity index (χ0) is 16.8. The number of hydrogen-bond donors (Lipinski definition) is 1. The molecule has 23 heavy (non-hydrogen) atoms. The molecule has 0 amide bonds. The van der Waals surface area contributed by atoms with Gasteiger partial charge in [0.25, 0.3) is 0 Å². The molecule has 0 bridgehead atoms. The minimum Gasteiger partial charge on any atom is -0.478 e. The standard InChI is InChI=1S/C18H15BrO4/c1-12-9-15(19)10-14(17(12)18(21)22)7-8-16(20)23-11-13-5-3-2-4-6-13/h2-10H,11H2,1H3,(H,21,22). The Morgan fingerprint density at radius 2 is 1.91 bits per heavy atom. The molecule has 4 nitrogen and oxygen atoms in total. The van der Waals surface area contributed by atoms with E-state index in [2.05, 4.69) is 15.9 Å². The van der Waals surface area contributed by atoms with Crippen LogP contribution < -0.4 is 0 Å². The number of aromatic carboxylic acids is 1. The van der Waals surface area contributed by atoms with E-state index in [9.17, 15) is 14.7 Å². The first-order valence-corrected chi connectivity index (χ1v) is 7.69. The maximum absolute atomic E-state index is 11.8. The van der Waals surface area contributed by atoms with E-state index in [1.54, 1.807) is 19.1 Å². The molecule has 0 saturated carbocycles. The number of esters is 1. The number of halogens is 1. The van der Waals surface area contributed by atoms with Crippen molar-refractivity contribution >= 4 is 33.9 Å². The highest BCUT2D eigenvalue weighted by Gasteiger charge is 2.13. The van der Waals surface area contributed by atoms with Crippen molar-refractivity contribution in [3.63, 3.8) is 0 Å². The lowest BCUT2D eigenvalue weighted by molar-refractivity contribution is -0.138. The lowest BCUT2D eigenvalue weighted by Gasteiger charge is -2.07. The summed E-state index contributed by atoms with van der Waals surface area (Å²) in [5, 5.41) is 9.29. The molecule has 0 heterocycles. The molecule has 0 aliphatic carbocycles. The molecule has 5 heteroatoms. The van der Waals surface area contributed by atoms with Gasteiger partial charge in [0.15, 0.2) is 0 Å². The molecular weight excluding hydrogens is 360 g/mol. The van der Waals surface area contributed by atoms with Crippen LogP contribution in [0.15, 0.2) is 53.0 Å². The average molecular weight is 375 g/mol. The van der Waals surface area contributed by atoms with Crippen LogP contribution in [0.4, 0.5) is 0 Å². The summed E-state index contributed by atoms with van der Waals surface area (Å²) in [6.45, 7) is 1.88. The van der Waals surface area contributed by atoms with Gasteiger partial charge in [0.1, 0.15) is 6.61 Å². The molecule has 0 radical (unpaired) electrons. The Kier molecular flexibility index (Phi) is 5.71. The summed E-state index contributed by atoms with van der Waals surface area (Å²) in [7, 11) is 0. The second-order valence-corrected chi connectivity index (χ2v) is 5.83. The second-order valence-electron chi connectivity index (χ2n) is 4.92. The van der Waals surface area contributed by atoms with Crippen LogP contribution >= 0.6 is 15.9 Å². The number of ether oxygens (including phenoxy) is 1. The first-order valence-electron chi connectivity index (χ1n) is 6.89. The predicted octanol–water partition coefficient (Wildman–Crippen LogP) is 4.21. The van der Waals surface area contributed by atoms with Crippen LogP contribution in [0.1, 0.15) is 27.0 Å². The van der Waals surface area contributed by atoms with E-state index in [1.807, 2.05) is 30.3 Å². The van der Waals surface area contributed by atoms with Crippen LogP contribution in [0.2, 0.25) is 0 Å². The van der Waals surface area contributed by atoms with Crippen molar-refractivity contribution in [3.8, 4) is 0 Å². The van der Waals surface area contributed by atoms with Crippen molar-refractivity contribution in [2.45, 2.75) is 13.5 Å². The Morgan fingerprint density at radius 1 is 1.22 bits per heavy atom. The number of aryl methyl sites for hydroxylation is 1. The third kappa shape index (κ3) is 4.79. The molecule has 0 atom stereocenters. The fraction of sp³-hybridized carbons (Fsp3) is 0.111. The van der Waals surface area contributed by atoms with Gasteiger partial charge in [-0.3, -0.25) is 0 Å². The second kappa shape index (κ2) is 7.74. The minimum atomic E-state index is -1.03. The molecule has 2 rings (SSSR count). The van der Waals surface area contributed by atoms with Crippen LogP contribution in [-0.2, 0) is 16.1 Å². The van der Waals surface area contributed by atoms with Gasteiger partial charge in [-0.2, -0.15) is 0 Å². The number of hydrogen-bond acceptors (Lipinski definition) is 3.